The summed E-state index contributed by atoms with van der Waals surface area (Å²) in [5, 5.41) is 7.20. The molecule has 0 aliphatic carbocycles. The van der Waals surface area contributed by atoms with Crippen LogP contribution < -0.4 is 10.6 Å². The van der Waals surface area contributed by atoms with Crippen molar-refractivity contribution in [3.05, 3.63) is 28.2 Å². The van der Waals surface area contributed by atoms with Crippen molar-refractivity contribution in [2.75, 3.05) is 31.5 Å². The summed E-state index contributed by atoms with van der Waals surface area (Å²) in [4.78, 5) is 14.2. The van der Waals surface area contributed by atoms with Crippen molar-refractivity contribution in [1.82, 2.24) is 10.2 Å². The molecule has 2 amide bonds. The van der Waals surface area contributed by atoms with E-state index in [4.69, 9.17) is 23.2 Å². The normalized spacial score (nSPS) is 25.4. The number of nitrogens with one attached hydrogen (secondary N) is 2. The fourth-order valence-electron chi connectivity index (χ4n) is 3.03. The number of halogens is 2. The number of carbonyl (C=O) groups is 1. The smallest absolute Gasteiger partial charge is 0.321 e. The fourth-order valence-corrected chi connectivity index (χ4v) is 3.33. The van der Waals surface area contributed by atoms with Gasteiger partial charge in [0.1, 0.15) is 0 Å². The number of hydrogen-bond donors (Lipinski definition) is 2. The van der Waals surface area contributed by atoms with E-state index < -0.39 is 0 Å². The second kappa shape index (κ2) is 5.43. The van der Waals surface area contributed by atoms with Crippen molar-refractivity contribution in [3.63, 3.8) is 0 Å². The number of benzene rings is 1. The third-order valence-electron chi connectivity index (χ3n) is 4.23. The Morgan fingerprint density at radius 3 is 2.85 bits per heavy atom. The van der Waals surface area contributed by atoms with Crippen molar-refractivity contribution in [3.8, 4) is 0 Å². The summed E-state index contributed by atoms with van der Waals surface area (Å²) in [5.41, 5.74) is 0.963. The monoisotopic (exact) mass is 313 g/mol. The Morgan fingerprint density at radius 1 is 1.30 bits per heavy atom. The zero-order valence-corrected chi connectivity index (χ0v) is 12.6. The van der Waals surface area contributed by atoms with Crippen LogP contribution in [0, 0.1) is 5.41 Å². The number of rotatable bonds is 1. The average Bonchev–Trinajstić information content (AvgIpc) is 3.05. The van der Waals surface area contributed by atoms with Crippen molar-refractivity contribution in [1.29, 1.82) is 0 Å². The van der Waals surface area contributed by atoms with Gasteiger partial charge in [0.15, 0.2) is 0 Å². The Kier molecular flexibility index (Phi) is 3.80. The van der Waals surface area contributed by atoms with Crippen LogP contribution >= 0.6 is 23.2 Å². The summed E-state index contributed by atoms with van der Waals surface area (Å²) >= 11 is 11.8. The summed E-state index contributed by atoms with van der Waals surface area (Å²) in [7, 11) is 0. The van der Waals surface area contributed by atoms with Gasteiger partial charge in [-0.05, 0) is 37.6 Å². The molecule has 0 saturated carbocycles. The van der Waals surface area contributed by atoms with E-state index in [1.165, 1.54) is 0 Å². The van der Waals surface area contributed by atoms with Crippen LogP contribution in [0.2, 0.25) is 10.0 Å². The van der Waals surface area contributed by atoms with Crippen LogP contribution in [0.3, 0.4) is 0 Å². The fraction of sp³-hybridized carbons (Fsp3) is 0.500. The van der Waals surface area contributed by atoms with Crippen LogP contribution in [0.5, 0.6) is 0 Å². The number of urea groups is 1. The number of anilines is 1. The maximum atomic E-state index is 12.3. The first-order valence-corrected chi connectivity index (χ1v) is 7.55. The number of nitrogens with zero attached hydrogens (tertiary/aromatic N) is 1. The summed E-state index contributed by atoms with van der Waals surface area (Å²) < 4.78 is 0. The molecule has 0 radical (unpaired) electrons. The van der Waals surface area contributed by atoms with Gasteiger partial charge in [-0.2, -0.15) is 0 Å². The van der Waals surface area contributed by atoms with E-state index >= 15 is 0 Å². The largest absolute Gasteiger partial charge is 0.324 e. The first kappa shape index (κ1) is 14.0. The summed E-state index contributed by atoms with van der Waals surface area (Å²) in [5.74, 6) is 0. The maximum Gasteiger partial charge on any atom is 0.321 e. The Balaban J connectivity index is 1.63. The van der Waals surface area contributed by atoms with E-state index in [1.54, 1.807) is 18.2 Å². The van der Waals surface area contributed by atoms with Crippen molar-refractivity contribution in [2.24, 2.45) is 5.41 Å². The third kappa shape index (κ3) is 2.73. The lowest BCUT2D eigenvalue weighted by Crippen LogP contribution is -2.36. The van der Waals surface area contributed by atoms with Gasteiger partial charge >= 0.3 is 6.03 Å². The molecule has 0 aromatic heterocycles. The zero-order valence-electron chi connectivity index (χ0n) is 11.1. The number of likely N-dealkylation sites (tertiary alicyclic amines) is 1. The minimum atomic E-state index is -0.0628. The quantitative estimate of drug-likeness (QED) is 0.836. The van der Waals surface area contributed by atoms with Crippen molar-refractivity contribution in [2.45, 2.75) is 12.8 Å². The molecule has 1 aromatic rings. The maximum absolute atomic E-state index is 12.3. The molecule has 1 unspecified atom stereocenters. The third-order valence-corrected chi connectivity index (χ3v) is 4.97. The molecule has 2 heterocycles. The molecule has 1 atom stereocenters. The molecular formula is C14H17Cl2N3O. The van der Waals surface area contributed by atoms with Crippen LogP contribution in [0.25, 0.3) is 0 Å². The van der Waals surface area contributed by atoms with Gasteiger partial charge in [0.25, 0.3) is 0 Å². The molecule has 3 rings (SSSR count). The van der Waals surface area contributed by atoms with Crippen LogP contribution in [0.4, 0.5) is 10.5 Å². The highest BCUT2D eigenvalue weighted by Gasteiger charge is 2.41. The van der Waals surface area contributed by atoms with Crippen molar-refractivity contribution >= 4 is 34.9 Å². The lowest BCUT2D eigenvalue weighted by Gasteiger charge is -2.23. The van der Waals surface area contributed by atoms with E-state index in [0.717, 1.165) is 39.0 Å². The highest BCUT2D eigenvalue weighted by molar-refractivity contribution is 6.42. The molecule has 2 saturated heterocycles. The van der Waals surface area contributed by atoms with Crippen LogP contribution in [-0.2, 0) is 0 Å². The minimum Gasteiger partial charge on any atom is -0.324 e. The Bertz CT molecular complexity index is 529. The first-order valence-electron chi connectivity index (χ1n) is 6.80. The van der Waals surface area contributed by atoms with Crippen molar-refractivity contribution < 1.29 is 4.79 Å². The second-order valence-electron chi connectivity index (χ2n) is 5.66. The van der Waals surface area contributed by atoms with Crippen LogP contribution in [0.15, 0.2) is 18.2 Å². The summed E-state index contributed by atoms with van der Waals surface area (Å²) in [6.45, 7) is 3.72. The van der Waals surface area contributed by atoms with E-state index in [0.29, 0.717) is 15.7 Å². The number of carbonyl (C=O) groups excluding carboxylic acids is 1. The summed E-state index contributed by atoms with van der Waals surface area (Å²) in [6.07, 6.45) is 2.23. The lowest BCUT2D eigenvalue weighted by molar-refractivity contribution is 0.215. The minimum absolute atomic E-state index is 0.0628. The zero-order chi connectivity index (χ0) is 14.2. The molecule has 2 N–H and O–H groups in total. The van der Waals surface area contributed by atoms with Gasteiger partial charge in [-0.15, -0.1) is 0 Å². The SMILES string of the molecule is O=C(Nc1ccc(Cl)c(Cl)c1)N1CCC2(CCNC2)C1. The average molecular weight is 314 g/mol. The van der Waals surface area contributed by atoms with Gasteiger partial charge in [-0.1, -0.05) is 23.2 Å². The van der Waals surface area contributed by atoms with Gasteiger partial charge in [0.05, 0.1) is 10.0 Å². The highest BCUT2D eigenvalue weighted by Crippen LogP contribution is 2.36. The van der Waals surface area contributed by atoms with Gasteiger partial charge in [-0.3, -0.25) is 0 Å². The molecule has 2 aliphatic heterocycles. The highest BCUT2D eigenvalue weighted by atomic mass is 35.5. The van der Waals surface area contributed by atoms with E-state index in [9.17, 15) is 4.79 Å². The Hall–Kier alpha value is -0.970. The number of hydrogen-bond acceptors (Lipinski definition) is 2. The molecule has 4 nitrogen and oxygen atoms in total. The molecule has 2 aliphatic rings. The molecule has 6 heteroatoms. The first-order chi connectivity index (χ1) is 9.58. The van der Waals surface area contributed by atoms with Crippen LogP contribution in [0.1, 0.15) is 12.8 Å². The van der Waals surface area contributed by atoms with E-state index in [2.05, 4.69) is 10.6 Å². The molecule has 1 spiro atoms. The predicted molar refractivity (Wildman–Crippen MR) is 81.6 cm³/mol. The van der Waals surface area contributed by atoms with Gasteiger partial charge in [0, 0.05) is 30.7 Å². The summed E-state index contributed by atoms with van der Waals surface area (Å²) in [6, 6.07) is 5.05. The van der Waals surface area contributed by atoms with E-state index in [1.807, 2.05) is 4.90 Å². The molecular weight excluding hydrogens is 297 g/mol. The predicted octanol–water partition coefficient (Wildman–Crippen LogP) is 3.21. The lowest BCUT2D eigenvalue weighted by atomic mass is 9.87. The molecule has 108 valence electrons. The van der Waals surface area contributed by atoms with Gasteiger partial charge < -0.3 is 15.5 Å². The van der Waals surface area contributed by atoms with Crippen LogP contribution in [-0.4, -0.2) is 37.1 Å². The van der Waals surface area contributed by atoms with Gasteiger partial charge in [-0.25, -0.2) is 4.79 Å². The molecule has 1 aromatic carbocycles. The molecule has 2 fully saturated rings. The topological polar surface area (TPSA) is 44.4 Å². The number of amides is 2. The Morgan fingerprint density at radius 2 is 2.15 bits per heavy atom. The second-order valence-corrected chi connectivity index (χ2v) is 6.47. The Labute approximate surface area is 128 Å². The van der Waals surface area contributed by atoms with E-state index in [-0.39, 0.29) is 11.4 Å². The molecule has 20 heavy (non-hydrogen) atoms. The molecule has 0 bridgehead atoms. The standard InChI is InChI=1S/C14H17Cl2N3O/c15-11-2-1-10(7-12(11)16)18-13(20)19-6-4-14(9-19)3-5-17-8-14/h1-2,7,17H,3-6,8-9H2,(H,18,20). The van der Waals surface area contributed by atoms with Gasteiger partial charge in [0.2, 0.25) is 0 Å².